The summed E-state index contributed by atoms with van der Waals surface area (Å²) in [5, 5.41) is 20.2. The van der Waals surface area contributed by atoms with Crippen LogP contribution >= 0.6 is 0 Å². The van der Waals surface area contributed by atoms with Crippen molar-refractivity contribution in [2.75, 3.05) is 0 Å². The van der Waals surface area contributed by atoms with E-state index in [0.717, 1.165) is 24.3 Å². The average molecular weight is 571 g/mol. The van der Waals surface area contributed by atoms with Crippen LogP contribution in [0.2, 0.25) is 0 Å². The predicted octanol–water partition coefficient (Wildman–Crippen LogP) is 5.96. The van der Waals surface area contributed by atoms with Gasteiger partial charge in [0.15, 0.2) is 0 Å². The van der Waals surface area contributed by atoms with E-state index in [0.29, 0.717) is 31.2 Å². The number of aromatic nitrogens is 3. The number of benzene rings is 3. The summed E-state index contributed by atoms with van der Waals surface area (Å²) in [4.78, 5) is 24.7. The highest BCUT2D eigenvalue weighted by Gasteiger charge is 2.67. The van der Waals surface area contributed by atoms with Crippen LogP contribution in [0.15, 0.2) is 54.6 Å². The number of nitrogens with one attached hydrogen (secondary N) is 1. The molecule has 1 heterocycles. The molecule has 3 aliphatic rings. The number of nitrogens with zero attached hydrogens (tertiary/aromatic N) is 3. The van der Waals surface area contributed by atoms with E-state index in [9.17, 15) is 31.5 Å². The van der Waals surface area contributed by atoms with Crippen LogP contribution in [0.1, 0.15) is 53.6 Å². The van der Waals surface area contributed by atoms with Crippen molar-refractivity contribution in [3.8, 4) is 11.1 Å². The minimum absolute atomic E-state index is 0.00817. The summed E-state index contributed by atoms with van der Waals surface area (Å²) >= 11 is 0. The number of fused-ring (bicyclic) bond motifs is 1. The lowest BCUT2D eigenvalue weighted by molar-refractivity contribution is -0.161. The van der Waals surface area contributed by atoms with Crippen molar-refractivity contribution in [2.24, 2.45) is 5.41 Å². The van der Waals surface area contributed by atoms with Crippen molar-refractivity contribution in [3.05, 3.63) is 82.9 Å². The number of alkyl halides is 3. The molecule has 3 saturated carbocycles. The minimum atomic E-state index is -4.49. The fraction of sp³-hybridized carbons (Fsp3) is 0.310. The lowest BCUT2D eigenvalue weighted by atomic mass is 9.38. The molecular weight excluding hydrogens is 547 g/mol. The molecule has 212 valence electrons. The summed E-state index contributed by atoms with van der Waals surface area (Å²) in [5.74, 6) is -3.04. The number of carbonyl (C=O) groups is 2. The van der Waals surface area contributed by atoms with Crippen molar-refractivity contribution >= 4 is 22.9 Å². The maximum Gasteiger partial charge on any atom is 0.416 e. The zero-order chi connectivity index (χ0) is 29.2. The molecule has 7 nitrogen and oxygen atoms in total. The molecule has 0 saturated heterocycles. The largest absolute Gasteiger partial charge is 0.481 e. The van der Waals surface area contributed by atoms with E-state index in [-0.39, 0.29) is 46.1 Å². The molecule has 1 aromatic heterocycles. The lowest BCUT2D eigenvalue weighted by Gasteiger charge is -2.71. The Morgan fingerprint density at radius 1 is 1.00 bits per heavy atom. The van der Waals surface area contributed by atoms with Gasteiger partial charge in [-0.25, -0.2) is 13.5 Å². The maximum absolute atomic E-state index is 14.7. The summed E-state index contributed by atoms with van der Waals surface area (Å²) in [7, 11) is 0. The molecule has 0 aliphatic heterocycles. The average Bonchev–Trinajstić information content (AvgIpc) is 3.26. The monoisotopic (exact) mass is 570 g/mol. The van der Waals surface area contributed by atoms with Crippen LogP contribution in [-0.2, 0) is 17.5 Å². The van der Waals surface area contributed by atoms with E-state index < -0.39 is 40.8 Å². The Morgan fingerprint density at radius 2 is 1.66 bits per heavy atom. The summed E-state index contributed by atoms with van der Waals surface area (Å²) in [5.41, 5.74) is -0.692. The Morgan fingerprint density at radius 3 is 2.27 bits per heavy atom. The molecule has 3 fully saturated rings. The molecule has 2 N–H and O–H groups in total. The first kappa shape index (κ1) is 26.9. The molecule has 0 spiro atoms. The third kappa shape index (κ3) is 4.81. The Bertz CT molecular complexity index is 1660. The van der Waals surface area contributed by atoms with Gasteiger partial charge in [-0.3, -0.25) is 9.59 Å². The van der Waals surface area contributed by atoms with E-state index in [1.54, 1.807) is 0 Å². The summed E-state index contributed by atoms with van der Waals surface area (Å²) in [6.07, 6.45) is -2.02. The maximum atomic E-state index is 14.7. The lowest BCUT2D eigenvalue weighted by Crippen LogP contribution is -2.74. The topological polar surface area (TPSA) is 97.1 Å². The second-order valence-electron chi connectivity index (χ2n) is 11.1. The van der Waals surface area contributed by atoms with Crippen molar-refractivity contribution in [1.29, 1.82) is 0 Å². The van der Waals surface area contributed by atoms with Crippen molar-refractivity contribution in [2.45, 2.75) is 50.4 Å². The van der Waals surface area contributed by atoms with Crippen LogP contribution in [0.5, 0.6) is 0 Å². The Balaban J connectivity index is 1.35. The van der Waals surface area contributed by atoms with Crippen LogP contribution in [0.3, 0.4) is 0 Å². The standard InChI is InChI=1S/C29H23F5N4O3/c30-20-2-1-3-21(31)24(20)17-10-19(26(41)35-28-13-27(14-28,15-28)9-8-23(39)40)25-22(11-17)36-37-38(25)12-16-4-6-18(7-5-16)29(32,33)34/h1-7,10-11H,8-9,12-15H2,(H,35,41)(H,39,40). The van der Waals surface area contributed by atoms with Gasteiger partial charge in [0.1, 0.15) is 22.7 Å². The van der Waals surface area contributed by atoms with E-state index in [2.05, 4.69) is 15.6 Å². The van der Waals surface area contributed by atoms with E-state index in [1.165, 1.54) is 35.0 Å². The van der Waals surface area contributed by atoms with E-state index in [1.807, 2.05) is 0 Å². The number of carbonyl (C=O) groups excluding carboxylic acids is 1. The molecule has 3 aromatic carbocycles. The number of rotatable bonds is 8. The van der Waals surface area contributed by atoms with Crippen molar-refractivity contribution < 1.29 is 36.6 Å². The third-order valence-electron chi connectivity index (χ3n) is 8.11. The molecule has 0 radical (unpaired) electrons. The van der Waals surface area contributed by atoms with Gasteiger partial charge < -0.3 is 10.4 Å². The number of carboxylic acid groups (broad SMARTS) is 1. The van der Waals surface area contributed by atoms with Gasteiger partial charge in [-0.2, -0.15) is 13.2 Å². The minimum Gasteiger partial charge on any atom is -0.481 e. The first-order valence-corrected chi connectivity index (χ1v) is 12.9. The number of hydrogen-bond acceptors (Lipinski definition) is 4. The summed E-state index contributed by atoms with van der Waals surface area (Å²) in [6.45, 7) is -0.00817. The molecule has 0 unspecified atom stereocenters. The second kappa shape index (κ2) is 9.35. The quantitative estimate of drug-likeness (QED) is 0.255. The normalized spacial score (nSPS) is 21.3. The number of halogens is 5. The number of amides is 1. The Kier molecular flexibility index (Phi) is 6.13. The molecule has 1 amide bonds. The second-order valence-corrected chi connectivity index (χ2v) is 11.1. The molecular formula is C29H23F5N4O3. The van der Waals surface area contributed by atoms with Gasteiger partial charge in [0.25, 0.3) is 5.91 Å². The fourth-order valence-electron chi connectivity index (χ4n) is 6.36. The summed E-state index contributed by atoms with van der Waals surface area (Å²) in [6, 6.07) is 10.7. The highest BCUT2D eigenvalue weighted by molar-refractivity contribution is 6.07. The van der Waals surface area contributed by atoms with Gasteiger partial charge >= 0.3 is 12.1 Å². The van der Waals surface area contributed by atoms with Crippen LogP contribution in [-0.4, -0.2) is 37.5 Å². The zero-order valence-corrected chi connectivity index (χ0v) is 21.4. The molecule has 0 atom stereocenters. The number of aliphatic carboxylic acids is 1. The molecule has 3 aliphatic carbocycles. The van der Waals surface area contributed by atoms with Gasteiger partial charge in [0, 0.05) is 12.0 Å². The number of carboxylic acids is 1. The van der Waals surface area contributed by atoms with E-state index >= 15 is 0 Å². The van der Waals surface area contributed by atoms with Crippen LogP contribution in [0.4, 0.5) is 22.0 Å². The smallest absolute Gasteiger partial charge is 0.416 e. The SMILES string of the molecule is O=C(O)CCC12CC(NC(=O)c3cc(-c4c(F)cccc4F)cc4nnn(Cc5ccc(C(F)(F)F)cc5)c34)(C1)C2. The first-order valence-electron chi connectivity index (χ1n) is 12.9. The highest BCUT2D eigenvalue weighted by atomic mass is 19.4. The third-order valence-corrected chi connectivity index (χ3v) is 8.11. The van der Waals surface area contributed by atoms with Crippen LogP contribution in [0.25, 0.3) is 22.2 Å². The predicted molar refractivity (Wildman–Crippen MR) is 137 cm³/mol. The molecule has 4 aromatic rings. The van der Waals surface area contributed by atoms with Gasteiger partial charge in [-0.1, -0.05) is 23.4 Å². The van der Waals surface area contributed by atoms with Crippen LogP contribution in [0, 0.1) is 17.0 Å². The fourth-order valence-corrected chi connectivity index (χ4v) is 6.36. The molecule has 2 bridgehead atoms. The van der Waals surface area contributed by atoms with Gasteiger partial charge in [0.2, 0.25) is 0 Å². The van der Waals surface area contributed by atoms with Gasteiger partial charge in [0.05, 0.1) is 23.2 Å². The molecule has 7 rings (SSSR count). The number of hydrogen-bond donors (Lipinski definition) is 2. The van der Waals surface area contributed by atoms with Gasteiger partial charge in [-0.05, 0) is 78.6 Å². The molecule has 12 heteroatoms. The van der Waals surface area contributed by atoms with E-state index in [4.69, 9.17) is 5.11 Å². The van der Waals surface area contributed by atoms with Crippen molar-refractivity contribution in [1.82, 2.24) is 20.3 Å². The first-order chi connectivity index (χ1) is 19.4. The van der Waals surface area contributed by atoms with Crippen LogP contribution < -0.4 is 5.32 Å². The van der Waals surface area contributed by atoms with Crippen molar-refractivity contribution in [3.63, 3.8) is 0 Å². The van der Waals surface area contributed by atoms with Gasteiger partial charge in [-0.15, -0.1) is 5.10 Å². The Labute approximate surface area is 230 Å². The summed E-state index contributed by atoms with van der Waals surface area (Å²) < 4.78 is 69.8. The highest BCUT2D eigenvalue weighted by Crippen LogP contribution is 2.69. The Hall–Kier alpha value is -4.35. The molecule has 41 heavy (non-hydrogen) atoms. The zero-order valence-electron chi connectivity index (χ0n) is 21.4.